The Hall–Kier alpha value is -0.570. The van der Waals surface area contributed by atoms with Gasteiger partial charge in [-0.15, -0.1) is 35.1 Å². The number of benzene rings is 2. The van der Waals surface area contributed by atoms with Gasteiger partial charge < -0.3 is 0 Å². The summed E-state index contributed by atoms with van der Waals surface area (Å²) in [6.45, 7) is 0. The summed E-state index contributed by atoms with van der Waals surface area (Å²) in [5.41, 5.74) is 0. The number of rotatable bonds is 6. The van der Waals surface area contributed by atoms with E-state index in [1.807, 2.05) is 35.7 Å². The summed E-state index contributed by atoms with van der Waals surface area (Å²) in [6.07, 6.45) is 0. The van der Waals surface area contributed by atoms with Crippen molar-refractivity contribution < 1.29 is 0 Å². The molecule has 0 spiro atoms. The number of hydrogen-bond donors (Lipinski definition) is 0. The minimum atomic E-state index is 0.195. The highest BCUT2D eigenvalue weighted by Gasteiger charge is 2.06. The molecule has 0 nitrogen and oxygen atoms in total. The Morgan fingerprint density at radius 2 is 1.11 bits per heavy atom. The predicted octanol–water partition coefficient (Wildman–Crippen LogP) is 5.18. The third-order valence-corrected chi connectivity index (χ3v) is 5.37. The molecule has 0 heterocycles. The minimum Gasteiger partial charge on any atom is -0.125 e. The average Bonchev–Trinajstić information content (AvgIpc) is 2.45. The second kappa shape index (κ2) is 7.78. The van der Waals surface area contributed by atoms with Crippen LogP contribution in [0.25, 0.3) is 0 Å². The van der Waals surface area contributed by atoms with Crippen LogP contribution >= 0.6 is 35.1 Å². The van der Waals surface area contributed by atoms with Crippen molar-refractivity contribution in [3.63, 3.8) is 0 Å². The second-order valence-corrected chi connectivity index (χ2v) is 6.65. The summed E-state index contributed by atoms with van der Waals surface area (Å²) in [4.78, 5) is 2.57. The van der Waals surface area contributed by atoms with Gasteiger partial charge in [0.25, 0.3) is 0 Å². The van der Waals surface area contributed by atoms with Crippen molar-refractivity contribution >= 4 is 35.1 Å². The monoisotopic (exact) mass is 294 g/mol. The highest BCUT2D eigenvalue weighted by molar-refractivity contribution is 8.00. The Labute approximate surface area is 122 Å². The molecule has 0 aromatic heterocycles. The lowest BCUT2D eigenvalue weighted by molar-refractivity contribution is 1.13. The van der Waals surface area contributed by atoms with Crippen molar-refractivity contribution in [2.75, 3.05) is 11.5 Å². The van der Waals surface area contributed by atoms with Gasteiger partial charge in [-0.1, -0.05) is 36.4 Å². The molecule has 0 fully saturated rings. The van der Waals surface area contributed by atoms with Gasteiger partial charge >= 0.3 is 0 Å². The van der Waals surface area contributed by atoms with Gasteiger partial charge in [-0.25, -0.2) is 0 Å². The predicted molar refractivity (Wildman–Crippen MR) is 84.0 cm³/mol. The third-order valence-electron chi connectivity index (χ3n) is 2.35. The van der Waals surface area contributed by atoms with Crippen LogP contribution in [0, 0.1) is 0 Å². The van der Waals surface area contributed by atoms with Crippen molar-refractivity contribution in [2.24, 2.45) is 0 Å². The van der Waals surface area contributed by atoms with Crippen LogP contribution in [-0.4, -0.2) is 16.9 Å². The first-order valence-corrected chi connectivity index (χ1v) is 8.25. The van der Waals surface area contributed by atoms with Crippen molar-refractivity contribution in [2.45, 2.75) is 15.2 Å². The fraction of sp³-hybridized carbons (Fsp3) is 0.200. The summed E-state index contributed by atoms with van der Waals surface area (Å²) in [5.74, 6) is 1.90. The molecule has 2 aromatic carbocycles. The van der Waals surface area contributed by atoms with E-state index in [0.717, 1.165) is 11.5 Å². The fourth-order valence-electron chi connectivity index (χ4n) is 1.45. The molecule has 3 heteroatoms. The average molecular weight is 295 g/mol. The summed E-state index contributed by atoms with van der Waals surface area (Å²) < 4.78 is 0. The van der Waals surface area contributed by atoms with Gasteiger partial charge in [0.05, 0.1) is 5.38 Å². The van der Waals surface area contributed by atoms with Crippen LogP contribution in [0.3, 0.4) is 0 Å². The maximum absolute atomic E-state index is 6.34. The SMILES string of the molecule is ClC(CSc1ccccc1)CSc1ccccc1. The largest absolute Gasteiger partial charge is 0.125 e. The smallest absolute Gasteiger partial charge is 0.0523 e. The number of thioether (sulfide) groups is 2. The lowest BCUT2D eigenvalue weighted by Gasteiger charge is -2.08. The molecule has 0 atom stereocenters. The third kappa shape index (κ3) is 4.97. The van der Waals surface area contributed by atoms with Crippen molar-refractivity contribution in [3.8, 4) is 0 Å². The summed E-state index contributed by atoms with van der Waals surface area (Å²) in [5, 5.41) is 0.195. The van der Waals surface area contributed by atoms with E-state index in [4.69, 9.17) is 11.6 Å². The van der Waals surface area contributed by atoms with Gasteiger partial charge in [-0.3, -0.25) is 0 Å². The molecule has 18 heavy (non-hydrogen) atoms. The number of halogens is 1. The molecular formula is C15H15ClS2. The molecule has 0 unspecified atom stereocenters. The topological polar surface area (TPSA) is 0 Å². The molecule has 0 aliphatic carbocycles. The quantitative estimate of drug-likeness (QED) is 0.532. The van der Waals surface area contributed by atoms with Crippen LogP contribution in [0.2, 0.25) is 0 Å². The summed E-state index contributed by atoms with van der Waals surface area (Å²) >= 11 is 9.98. The fourth-order valence-corrected chi connectivity index (χ4v) is 3.66. The summed E-state index contributed by atoms with van der Waals surface area (Å²) in [7, 11) is 0. The van der Waals surface area contributed by atoms with Crippen LogP contribution in [0.1, 0.15) is 0 Å². The van der Waals surface area contributed by atoms with Gasteiger partial charge in [0, 0.05) is 21.3 Å². The molecule has 2 rings (SSSR count). The van der Waals surface area contributed by atoms with E-state index in [0.29, 0.717) is 0 Å². The molecule has 2 aromatic rings. The Balaban J connectivity index is 1.71. The number of alkyl halides is 1. The maximum atomic E-state index is 6.34. The van der Waals surface area contributed by atoms with Gasteiger partial charge in [-0.05, 0) is 24.3 Å². The molecule has 0 bridgehead atoms. The van der Waals surface area contributed by atoms with Crippen molar-refractivity contribution in [1.29, 1.82) is 0 Å². The molecular weight excluding hydrogens is 280 g/mol. The Morgan fingerprint density at radius 1 is 0.722 bits per heavy atom. The Kier molecular flexibility index (Phi) is 5.98. The van der Waals surface area contributed by atoms with Crippen LogP contribution in [0.15, 0.2) is 70.5 Å². The molecule has 0 aliphatic heterocycles. The second-order valence-electron chi connectivity index (χ2n) is 3.85. The molecule has 94 valence electrons. The minimum absolute atomic E-state index is 0.195. The molecule has 0 radical (unpaired) electrons. The zero-order chi connectivity index (χ0) is 12.6. The van der Waals surface area contributed by atoms with Crippen LogP contribution in [0.5, 0.6) is 0 Å². The van der Waals surface area contributed by atoms with Gasteiger partial charge in [0.1, 0.15) is 0 Å². The highest BCUT2D eigenvalue weighted by atomic mass is 35.5. The lowest BCUT2D eigenvalue weighted by atomic mass is 10.4. The van der Waals surface area contributed by atoms with E-state index in [1.54, 1.807) is 0 Å². The van der Waals surface area contributed by atoms with E-state index in [1.165, 1.54) is 9.79 Å². The van der Waals surface area contributed by atoms with E-state index >= 15 is 0 Å². The van der Waals surface area contributed by atoms with Crippen molar-refractivity contribution in [1.82, 2.24) is 0 Å². The first-order valence-electron chi connectivity index (χ1n) is 5.84. The van der Waals surface area contributed by atoms with E-state index in [-0.39, 0.29) is 5.38 Å². The molecule has 0 saturated heterocycles. The van der Waals surface area contributed by atoms with Crippen molar-refractivity contribution in [3.05, 3.63) is 60.7 Å². The van der Waals surface area contributed by atoms with Gasteiger partial charge in [-0.2, -0.15) is 0 Å². The Morgan fingerprint density at radius 3 is 1.50 bits per heavy atom. The van der Waals surface area contributed by atoms with E-state index < -0.39 is 0 Å². The summed E-state index contributed by atoms with van der Waals surface area (Å²) in [6, 6.07) is 20.8. The Bertz CT molecular complexity index is 401. The van der Waals surface area contributed by atoms with Gasteiger partial charge in [0.2, 0.25) is 0 Å². The first kappa shape index (κ1) is 13.9. The molecule has 0 saturated carbocycles. The molecule has 0 aliphatic rings. The standard InChI is InChI=1S/C15H15ClS2/c16-13(11-17-14-7-3-1-4-8-14)12-18-15-9-5-2-6-10-15/h1-10,13H,11-12H2. The van der Waals surface area contributed by atoms with Gasteiger partial charge in [0.15, 0.2) is 0 Å². The van der Waals surface area contributed by atoms with Crippen LogP contribution in [0.4, 0.5) is 0 Å². The lowest BCUT2D eigenvalue weighted by Crippen LogP contribution is -2.05. The first-order chi connectivity index (χ1) is 8.84. The molecule has 0 amide bonds. The highest BCUT2D eigenvalue weighted by Crippen LogP contribution is 2.24. The van der Waals surface area contributed by atoms with Crippen LogP contribution in [-0.2, 0) is 0 Å². The number of hydrogen-bond acceptors (Lipinski definition) is 2. The van der Waals surface area contributed by atoms with E-state index in [9.17, 15) is 0 Å². The zero-order valence-corrected chi connectivity index (χ0v) is 12.3. The normalized spacial score (nSPS) is 10.8. The molecule has 0 N–H and O–H groups in total. The zero-order valence-electron chi connectivity index (χ0n) is 9.96. The van der Waals surface area contributed by atoms with E-state index in [2.05, 4.69) is 48.5 Å². The van der Waals surface area contributed by atoms with Crippen LogP contribution < -0.4 is 0 Å². The maximum Gasteiger partial charge on any atom is 0.0523 e.